The number of carbonyl (C=O) groups is 2. The minimum atomic E-state index is -1.16. The van der Waals surface area contributed by atoms with Crippen molar-refractivity contribution >= 4 is 23.6 Å². The molecule has 0 aliphatic rings. The molecule has 1 aromatic carbocycles. The van der Waals surface area contributed by atoms with Crippen molar-refractivity contribution in [3.8, 4) is 0 Å². The number of hydrogen-bond acceptors (Lipinski definition) is 3. The fraction of sp³-hybridized carbons (Fsp3) is 0.467. The summed E-state index contributed by atoms with van der Waals surface area (Å²) in [5.41, 5.74) is -1.16. The minimum Gasteiger partial charge on any atom is -0.480 e. The number of likely N-dealkylation sites (N-methyl/N-ethyl adjacent to an activating group) is 1. The predicted octanol–water partition coefficient (Wildman–Crippen LogP) is 2.88. The van der Waals surface area contributed by atoms with Crippen molar-refractivity contribution in [3.63, 3.8) is 0 Å². The van der Waals surface area contributed by atoms with Crippen molar-refractivity contribution in [2.24, 2.45) is 0 Å². The monoisotopic (exact) mass is 295 g/mol. The number of carbonyl (C=O) groups excluding carboxylic acids is 1. The van der Waals surface area contributed by atoms with Crippen LogP contribution in [0.2, 0.25) is 0 Å². The lowest BCUT2D eigenvalue weighted by Crippen LogP contribution is -2.50. The summed E-state index contributed by atoms with van der Waals surface area (Å²) in [5.74, 6) is -0.282. The Kier molecular flexibility index (Phi) is 6.07. The Morgan fingerprint density at radius 1 is 1.25 bits per heavy atom. The van der Waals surface area contributed by atoms with Gasteiger partial charge in [0, 0.05) is 18.4 Å². The maximum absolute atomic E-state index is 12.0. The number of benzene rings is 1. The molecule has 1 amide bonds. The summed E-state index contributed by atoms with van der Waals surface area (Å²) in [5, 5.41) is 9.08. The zero-order valence-corrected chi connectivity index (χ0v) is 12.9. The summed E-state index contributed by atoms with van der Waals surface area (Å²) < 4.78 is 0. The Hall–Kier alpha value is -1.49. The van der Waals surface area contributed by atoms with Gasteiger partial charge in [-0.2, -0.15) is 0 Å². The highest BCUT2D eigenvalue weighted by Gasteiger charge is 2.34. The Morgan fingerprint density at radius 3 is 2.40 bits per heavy atom. The summed E-state index contributed by atoms with van der Waals surface area (Å²) in [4.78, 5) is 25.5. The van der Waals surface area contributed by atoms with E-state index in [-0.39, 0.29) is 5.91 Å². The lowest BCUT2D eigenvalue weighted by Gasteiger charge is -2.31. The predicted molar refractivity (Wildman–Crippen MR) is 80.9 cm³/mol. The van der Waals surface area contributed by atoms with Crippen molar-refractivity contribution in [1.82, 2.24) is 4.90 Å². The SMILES string of the molecule is CN(C(=O)CCCSc1ccccc1)C(C)(C)C(=O)O. The average Bonchev–Trinajstić information content (AvgIpc) is 2.43. The normalized spacial score (nSPS) is 11.2. The highest BCUT2D eigenvalue weighted by atomic mass is 32.2. The van der Waals surface area contributed by atoms with Crippen LogP contribution in [0, 0.1) is 0 Å². The molecule has 5 heteroatoms. The molecule has 0 aliphatic carbocycles. The van der Waals surface area contributed by atoms with Crippen molar-refractivity contribution in [2.45, 2.75) is 37.1 Å². The Balaban J connectivity index is 2.35. The third kappa shape index (κ3) is 4.56. The summed E-state index contributed by atoms with van der Waals surface area (Å²) >= 11 is 1.70. The zero-order chi connectivity index (χ0) is 15.2. The van der Waals surface area contributed by atoms with E-state index < -0.39 is 11.5 Å². The highest BCUT2D eigenvalue weighted by Crippen LogP contribution is 2.19. The molecule has 0 unspecified atom stereocenters. The molecule has 0 atom stereocenters. The van der Waals surface area contributed by atoms with Crippen LogP contribution in [0.4, 0.5) is 0 Å². The van der Waals surface area contributed by atoms with Gasteiger partial charge in [-0.05, 0) is 38.2 Å². The second-order valence-electron chi connectivity index (χ2n) is 5.08. The van der Waals surface area contributed by atoms with Gasteiger partial charge in [0.2, 0.25) is 5.91 Å². The van der Waals surface area contributed by atoms with E-state index in [4.69, 9.17) is 5.11 Å². The van der Waals surface area contributed by atoms with E-state index in [1.54, 1.807) is 18.8 Å². The molecule has 0 aromatic heterocycles. The van der Waals surface area contributed by atoms with E-state index >= 15 is 0 Å². The van der Waals surface area contributed by atoms with E-state index in [2.05, 4.69) is 0 Å². The number of carboxylic acids is 1. The van der Waals surface area contributed by atoms with Gasteiger partial charge in [0.25, 0.3) is 0 Å². The van der Waals surface area contributed by atoms with Crippen LogP contribution in [0.5, 0.6) is 0 Å². The first kappa shape index (κ1) is 16.6. The Bertz CT molecular complexity index is 459. The topological polar surface area (TPSA) is 57.6 Å². The molecule has 0 saturated carbocycles. The number of rotatable bonds is 7. The van der Waals surface area contributed by atoms with Crippen LogP contribution in [0.25, 0.3) is 0 Å². The molecule has 4 nitrogen and oxygen atoms in total. The van der Waals surface area contributed by atoms with Gasteiger partial charge in [0.1, 0.15) is 5.54 Å². The lowest BCUT2D eigenvalue weighted by molar-refractivity contribution is -0.155. The molecular weight excluding hydrogens is 274 g/mol. The van der Waals surface area contributed by atoms with Crippen LogP contribution < -0.4 is 0 Å². The summed E-state index contributed by atoms with van der Waals surface area (Å²) in [7, 11) is 1.54. The second-order valence-corrected chi connectivity index (χ2v) is 6.25. The standard InChI is InChI=1S/C15H21NO3S/c1-15(2,14(18)19)16(3)13(17)10-7-11-20-12-8-5-4-6-9-12/h4-6,8-9H,7,10-11H2,1-3H3,(H,18,19). The largest absolute Gasteiger partial charge is 0.480 e. The molecule has 0 radical (unpaired) electrons. The third-order valence-electron chi connectivity index (χ3n) is 3.28. The maximum atomic E-state index is 12.0. The number of nitrogens with zero attached hydrogens (tertiary/aromatic N) is 1. The first-order valence-corrected chi connectivity index (χ1v) is 7.52. The smallest absolute Gasteiger partial charge is 0.329 e. The number of thioether (sulfide) groups is 1. The molecule has 0 saturated heterocycles. The number of carboxylic acid groups (broad SMARTS) is 1. The van der Waals surface area contributed by atoms with Gasteiger partial charge < -0.3 is 10.0 Å². The van der Waals surface area contributed by atoms with E-state index in [0.717, 1.165) is 12.2 Å². The van der Waals surface area contributed by atoms with Gasteiger partial charge >= 0.3 is 5.97 Å². The molecule has 1 rings (SSSR count). The maximum Gasteiger partial charge on any atom is 0.329 e. The third-order valence-corrected chi connectivity index (χ3v) is 4.38. The minimum absolute atomic E-state index is 0.133. The molecular formula is C15H21NO3S. The van der Waals surface area contributed by atoms with E-state index in [9.17, 15) is 9.59 Å². The van der Waals surface area contributed by atoms with Crippen molar-refractivity contribution in [3.05, 3.63) is 30.3 Å². The van der Waals surface area contributed by atoms with E-state index in [1.165, 1.54) is 23.6 Å². The van der Waals surface area contributed by atoms with Crippen LogP contribution in [-0.4, -0.2) is 40.2 Å². The lowest BCUT2D eigenvalue weighted by atomic mass is 10.0. The second kappa shape index (κ2) is 7.33. The number of aliphatic carboxylic acids is 1. The van der Waals surface area contributed by atoms with Crippen LogP contribution >= 0.6 is 11.8 Å². The number of amides is 1. The Labute approximate surface area is 124 Å². The molecule has 0 aliphatic heterocycles. The van der Waals surface area contributed by atoms with Crippen LogP contribution in [0.3, 0.4) is 0 Å². The van der Waals surface area contributed by atoms with Crippen molar-refractivity contribution in [2.75, 3.05) is 12.8 Å². The first-order valence-electron chi connectivity index (χ1n) is 6.53. The van der Waals surface area contributed by atoms with Crippen molar-refractivity contribution < 1.29 is 14.7 Å². The molecule has 0 spiro atoms. The van der Waals surface area contributed by atoms with Crippen molar-refractivity contribution in [1.29, 1.82) is 0 Å². The fourth-order valence-corrected chi connectivity index (χ4v) is 2.43. The number of hydrogen-bond donors (Lipinski definition) is 1. The van der Waals surface area contributed by atoms with E-state index in [0.29, 0.717) is 6.42 Å². The van der Waals surface area contributed by atoms with Gasteiger partial charge in [-0.25, -0.2) is 4.79 Å². The molecule has 0 bridgehead atoms. The zero-order valence-electron chi connectivity index (χ0n) is 12.1. The molecule has 110 valence electrons. The van der Waals surface area contributed by atoms with Crippen LogP contribution in [0.15, 0.2) is 35.2 Å². The van der Waals surface area contributed by atoms with Gasteiger partial charge in [0.05, 0.1) is 0 Å². The van der Waals surface area contributed by atoms with Crippen LogP contribution in [-0.2, 0) is 9.59 Å². The average molecular weight is 295 g/mol. The first-order chi connectivity index (χ1) is 9.35. The summed E-state index contributed by atoms with van der Waals surface area (Å²) in [6.07, 6.45) is 1.10. The van der Waals surface area contributed by atoms with Gasteiger partial charge in [-0.1, -0.05) is 18.2 Å². The molecule has 0 fully saturated rings. The summed E-state index contributed by atoms with van der Waals surface area (Å²) in [6.45, 7) is 3.07. The molecule has 0 heterocycles. The Morgan fingerprint density at radius 2 is 1.85 bits per heavy atom. The van der Waals surface area contributed by atoms with Gasteiger partial charge in [-0.15, -0.1) is 11.8 Å². The highest BCUT2D eigenvalue weighted by molar-refractivity contribution is 7.99. The quantitative estimate of drug-likeness (QED) is 0.621. The fourth-order valence-electron chi connectivity index (χ4n) is 1.55. The van der Waals surface area contributed by atoms with Crippen LogP contribution in [0.1, 0.15) is 26.7 Å². The molecule has 1 aromatic rings. The van der Waals surface area contributed by atoms with Gasteiger partial charge in [-0.3, -0.25) is 4.79 Å². The van der Waals surface area contributed by atoms with Gasteiger partial charge in [0.15, 0.2) is 0 Å². The molecule has 20 heavy (non-hydrogen) atoms. The molecule has 1 N–H and O–H groups in total. The summed E-state index contributed by atoms with van der Waals surface area (Å²) in [6, 6.07) is 10.0. The van der Waals surface area contributed by atoms with E-state index in [1.807, 2.05) is 30.3 Å².